The van der Waals surface area contributed by atoms with Gasteiger partial charge in [0.15, 0.2) is 5.78 Å². The molecule has 0 saturated heterocycles. The largest absolute Gasteiger partial charge is 0.289 e. The van der Waals surface area contributed by atoms with E-state index in [4.69, 9.17) is 7.85 Å². The maximum Gasteiger partial charge on any atom is 0.185 e. The molecule has 0 heterocycles. The molecule has 1 nitrogen and oxygen atoms in total. The van der Waals surface area contributed by atoms with Crippen LogP contribution in [0.15, 0.2) is 60.7 Å². The Labute approximate surface area is 102 Å². The molecular weight excluding hydrogens is 207 g/mol. The van der Waals surface area contributed by atoms with E-state index >= 15 is 0 Å². The van der Waals surface area contributed by atoms with Crippen LogP contribution in [-0.4, -0.2) is 13.6 Å². The summed E-state index contributed by atoms with van der Waals surface area (Å²) < 4.78 is 0. The van der Waals surface area contributed by atoms with Crippen molar-refractivity contribution < 1.29 is 4.79 Å². The highest BCUT2D eigenvalue weighted by Crippen LogP contribution is 2.04. The van der Waals surface area contributed by atoms with Gasteiger partial charge in [-0.1, -0.05) is 66.1 Å². The van der Waals surface area contributed by atoms with Crippen LogP contribution in [0.5, 0.6) is 0 Å². The highest BCUT2D eigenvalue weighted by molar-refractivity contribution is 6.32. The molecule has 0 fully saturated rings. The topological polar surface area (TPSA) is 17.1 Å². The van der Waals surface area contributed by atoms with Gasteiger partial charge >= 0.3 is 0 Å². The first-order valence-corrected chi connectivity index (χ1v) is 5.39. The molecule has 0 aliphatic heterocycles. The molecule has 2 rings (SSSR count). The van der Waals surface area contributed by atoms with E-state index in [9.17, 15) is 4.79 Å². The van der Waals surface area contributed by atoms with Crippen LogP contribution in [0.2, 0.25) is 0 Å². The van der Waals surface area contributed by atoms with Crippen molar-refractivity contribution in [3.8, 4) is 0 Å². The first kappa shape index (κ1) is 11.4. The van der Waals surface area contributed by atoms with Gasteiger partial charge in [-0.25, -0.2) is 0 Å². The summed E-state index contributed by atoms with van der Waals surface area (Å²) in [5, 5.41) is 0. The zero-order valence-corrected chi connectivity index (χ0v) is 9.34. The van der Waals surface area contributed by atoms with Crippen molar-refractivity contribution in [3.63, 3.8) is 0 Å². The van der Waals surface area contributed by atoms with Gasteiger partial charge in [0.2, 0.25) is 0 Å². The van der Waals surface area contributed by atoms with Gasteiger partial charge in [0.05, 0.1) is 0 Å². The van der Waals surface area contributed by atoms with Gasteiger partial charge in [-0.15, -0.1) is 0 Å². The molecule has 0 bridgehead atoms. The van der Waals surface area contributed by atoms with Gasteiger partial charge in [-0.2, -0.15) is 0 Å². The minimum absolute atomic E-state index is 0.0196. The number of carbonyl (C=O) groups excluding carboxylic acids is 1. The van der Waals surface area contributed by atoms with Crippen LogP contribution >= 0.6 is 0 Å². The van der Waals surface area contributed by atoms with Crippen molar-refractivity contribution >= 4 is 25.2 Å². The monoisotopic (exact) mass is 218 g/mol. The summed E-state index contributed by atoms with van der Waals surface area (Å²) in [6, 6.07) is 16.6. The van der Waals surface area contributed by atoms with Crippen LogP contribution in [0.4, 0.5) is 0 Å². The summed E-state index contributed by atoms with van der Waals surface area (Å²) in [6.45, 7) is 0. The van der Waals surface area contributed by atoms with E-state index in [-0.39, 0.29) is 5.78 Å². The molecule has 2 heteroatoms. The fraction of sp³-hybridized carbons (Fsp3) is 0. The van der Waals surface area contributed by atoms with Crippen LogP contribution in [0, 0.1) is 0 Å². The molecule has 0 spiro atoms. The Kier molecular flexibility index (Phi) is 3.56. The van der Waals surface area contributed by atoms with E-state index in [2.05, 4.69) is 0 Å². The van der Waals surface area contributed by atoms with E-state index in [0.29, 0.717) is 11.0 Å². The quantitative estimate of drug-likeness (QED) is 0.439. The number of ketones is 1. The Morgan fingerprint density at radius 3 is 2.24 bits per heavy atom. The number of allylic oxidation sites excluding steroid dienone is 1. The fourth-order valence-electron chi connectivity index (χ4n) is 1.48. The number of hydrogen-bond donors (Lipinski definition) is 0. The van der Waals surface area contributed by atoms with E-state index in [1.54, 1.807) is 36.4 Å². The summed E-state index contributed by atoms with van der Waals surface area (Å²) >= 11 is 0. The van der Waals surface area contributed by atoms with Gasteiger partial charge in [-0.3, -0.25) is 4.79 Å². The van der Waals surface area contributed by atoms with Crippen molar-refractivity contribution in [1.29, 1.82) is 0 Å². The second-order valence-corrected chi connectivity index (χ2v) is 3.73. The van der Waals surface area contributed by atoms with E-state index in [1.807, 2.05) is 30.3 Å². The second-order valence-electron chi connectivity index (χ2n) is 3.73. The number of benzene rings is 2. The number of carbonyl (C=O) groups is 1. The second kappa shape index (κ2) is 5.31. The van der Waals surface area contributed by atoms with E-state index < -0.39 is 0 Å². The molecule has 2 aromatic rings. The number of rotatable bonds is 3. The molecule has 0 unspecified atom stereocenters. The van der Waals surface area contributed by atoms with Crippen molar-refractivity contribution in [2.75, 3.05) is 0 Å². The number of hydrogen-bond acceptors (Lipinski definition) is 1. The lowest BCUT2D eigenvalue weighted by Crippen LogP contribution is -2.02. The third-order valence-electron chi connectivity index (χ3n) is 2.42. The Morgan fingerprint density at radius 2 is 1.59 bits per heavy atom. The third kappa shape index (κ3) is 3.18. The summed E-state index contributed by atoms with van der Waals surface area (Å²) in [7, 11) is 5.56. The molecule has 0 N–H and O–H groups in total. The molecule has 80 valence electrons. The molecule has 2 radical (unpaired) electrons. The van der Waals surface area contributed by atoms with Crippen molar-refractivity contribution in [3.05, 3.63) is 71.8 Å². The van der Waals surface area contributed by atoms with Crippen molar-refractivity contribution in [1.82, 2.24) is 0 Å². The predicted molar refractivity (Wildman–Crippen MR) is 71.6 cm³/mol. The first-order valence-electron chi connectivity index (χ1n) is 5.39. The van der Waals surface area contributed by atoms with Crippen LogP contribution in [-0.2, 0) is 0 Å². The van der Waals surface area contributed by atoms with Gasteiger partial charge in [0.25, 0.3) is 0 Å². The third-order valence-corrected chi connectivity index (χ3v) is 2.42. The summed E-state index contributed by atoms with van der Waals surface area (Å²) in [5.74, 6) is -0.0196. The van der Waals surface area contributed by atoms with Crippen molar-refractivity contribution in [2.45, 2.75) is 0 Å². The van der Waals surface area contributed by atoms with Crippen LogP contribution in [0.25, 0.3) is 6.08 Å². The molecule has 17 heavy (non-hydrogen) atoms. The molecule has 0 aliphatic rings. The summed E-state index contributed by atoms with van der Waals surface area (Å²) in [4.78, 5) is 11.8. The summed E-state index contributed by atoms with van der Waals surface area (Å²) in [5.41, 5.74) is 2.32. The minimum atomic E-state index is -0.0196. The molecule has 2 aromatic carbocycles. The summed E-state index contributed by atoms with van der Waals surface area (Å²) in [6.07, 6.45) is 3.37. The zero-order chi connectivity index (χ0) is 12.1. The smallest absolute Gasteiger partial charge is 0.185 e. The maximum absolute atomic E-state index is 11.8. The average molecular weight is 218 g/mol. The van der Waals surface area contributed by atoms with Gasteiger partial charge < -0.3 is 0 Å². The zero-order valence-electron chi connectivity index (χ0n) is 9.34. The highest BCUT2D eigenvalue weighted by atomic mass is 16.1. The Bertz CT molecular complexity index is 527. The lowest BCUT2D eigenvalue weighted by molar-refractivity contribution is 0.104. The normalized spacial score (nSPS) is 10.6. The fourth-order valence-corrected chi connectivity index (χ4v) is 1.48. The molecule has 0 saturated carbocycles. The lowest BCUT2D eigenvalue weighted by Gasteiger charge is -1.97. The predicted octanol–water partition coefficient (Wildman–Crippen LogP) is 2.38. The van der Waals surface area contributed by atoms with Crippen LogP contribution in [0.1, 0.15) is 15.9 Å². The Hall–Kier alpha value is -2.09. The minimum Gasteiger partial charge on any atom is -0.289 e. The van der Waals surface area contributed by atoms with Crippen LogP contribution < -0.4 is 5.46 Å². The SMILES string of the molecule is [B]c1ccc(C(=O)/C=C/c2ccccc2)cc1. The highest BCUT2D eigenvalue weighted by Gasteiger charge is 1.99. The average Bonchev–Trinajstić information content (AvgIpc) is 2.38. The molecule has 0 aliphatic carbocycles. The van der Waals surface area contributed by atoms with Crippen molar-refractivity contribution in [2.24, 2.45) is 0 Å². The molecule has 0 aromatic heterocycles. The van der Waals surface area contributed by atoms with Crippen LogP contribution in [0.3, 0.4) is 0 Å². The maximum atomic E-state index is 11.8. The molecule has 0 atom stereocenters. The molecular formula is C15H11BO. The standard InChI is InChI=1S/C15H11BO/c16-14-9-7-13(8-10-14)15(17)11-6-12-4-2-1-3-5-12/h1-11H/b11-6+. The Morgan fingerprint density at radius 1 is 0.941 bits per heavy atom. The first-order chi connectivity index (χ1) is 8.25. The van der Waals surface area contributed by atoms with Gasteiger partial charge in [0, 0.05) is 5.56 Å². The van der Waals surface area contributed by atoms with Gasteiger partial charge in [0.1, 0.15) is 7.85 Å². The van der Waals surface area contributed by atoms with Gasteiger partial charge in [-0.05, 0) is 11.6 Å². The van der Waals surface area contributed by atoms with E-state index in [0.717, 1.165) is 5.56 Å². The molecule has 0 amide bonds. The van der Waals surface area contributed by atoms with E-state index in [1.165, 1.54) is 0 Å². The lowest BCUT2D eigenvalue weighted by atomic mass is 9.94. The Balaban J connectivity index is 2.12.